The summed E-state index contributed by atoms with van der Waals surface area (Å²) in [6.07, 6.45) is 4.41. The molecule has 3 atom stereocenters. The number of nitrogens with two attached hydrogens (primary N) is 1. The molecule has 0 aliphatic heterocycles. The number of hydrogen-bond acceptors (Lipinski definition) is 4. The molecule has 5 nitrogen and oxygen atoms in total. The minimum absolute atomic E-state index is 0.0708. The van der Waals surface area contributed by atoms with Gasteiger partial charge in [-0.2, -0.15) is 0 Å². The zero-order chi connectivity index (χ0) is 20.8. The van der Waals surface area contributed by atoms with Gasteiger partial charge in [-0.3, -0.25) is 4.79 Å². The maximum atomic E-state index is 13.7. The van der Waals surface area contributed by atoms with Crippen LogP contribution in [0.25, 0.3) is 10.9 Å². The van der Waals surface area contributed by atoms with Crippen LogP contribution in [-0.4, -0.2) is 22.0 Å². The monoisotopic (exact) mass is 405 g/mol. The van der Waals surface area contributed by atoms with E-state index >= 15 is 0 Å². The highest BCUT2D eigenvalue weighted by Gasteiger charge is 2.59. The number of nitrogens with zero attached hydrogens (tertiary/aromatic N) is 2. The Morgan fingerprint density at radius 3 is 2.70 bits per heavy atom. The van der Waals surface area contributed by atoms with Gasteiger partial charge in [-0.15, -0.1) is 0 Å². The van der Waals surface area contributed by atoms with Gasteiger partial charge in [0.15, 0.2) is 0 Å². The van der Waals surface area contributed by atoms with Gasteiger partial charge in [0.1, 0.15) is 18.2 Å². The molecule has 2 saturated carbocycles. The van der Waals surface area contributed by atoms with E-state index in [2.05, 4.69) is 16.9 Å². The molecule has 1 heterocycles. The summed E-state index contributed by atoms with van der Waals surface area (Å²) in [4.78, 5) is 20.3. The Hall–Kier alpha value is -3.02. The van der Waals surface area contributed by atoms with Gasteiger partial charge in [-0.1, -0.05) is 25.1 Å². The molecule has 6 heteroatoms. The Kier molecular flexibility index (Phi) is 4.65. The Balaban J connectivity index is 1.31. The molecule has 154 valence electrons. The third-order valence-corrected chi connectivity index (χ3v) is 6.84. The molecule has 5 rings (SSSR count). The van der Waals surface area contributed by atoms with Gasteiger partial charge >= 0.3 is 0 Å². The van der Waals surface area contributed by atoms with Crippen LogP contribution >= 0.6 is 0 Å². The second-order valence-corrected chi connectivity index (χ2v) is 8.42. The number of carbonyl (C=O) groups is 1. The van der Waals surface area contributed by atoms with E-state index in [1.54, 1.807) is 6.07 Å². The number of hydrogen-bond donors (Lipinski definition) is 1. The van der Waals surface area contributed by atoms with E-state index in [9.17, 15) is 9.18 Å². The summed E-state index contributed by atoms with van der Waals surface area (Å²) in [7, 11) is 0. The zero-order valence-corrected chi connectivity index (χ0v) is 16.8. The van der Waals surface area contributed by atoms with Gasteiger partial charge in [0, 0.05) is 5.56 Å². The average molecular weight is 405 g/mol. The minimum Gasteiger partial charge on any atom is -0.474 e. The number of ether oxygens (including phenoxy) is 1. The summed E-state index contributed by atoms with van der Waals surface area (Å²) in [5.74, 6) is 1.80. The van der Waals surface area contributed by atoms with Crippen molar-refractivity contribution < 1.29 is 13.9 Å². The van der Waals surface area contributed by atoms with Crippen molar-refractivity contribution in [3.05, 3.63) is 65.7 Å². The average Bonchev–Trinajstić information content (AvgIpc) is 3.22. The van der Waals surface area contributed by atoms with Crippen LogP contribution in [0.1, 0.15) is 48.0 Å². The molecule has 0 spiro atoms. The lowest BCUT2D eigenvalue weighted by Crippen LogP contribution is -2.20. The van der Waals surface area contributed by atoms with Crippen molar-refractivity contribution in [2.75, 3.05) is 0 Å². The maximum absolute atomic E-state index is 13.7. The van der Waals surface area contributed by atoms with E-state index < -0.39 is 0 Å². The van der Waals surface area contributed by atoms with Crippen LogP contribution in [0, 0.1) is 23.6 Å². The number of carbonyl (C=O) groups excluding carboxylic acids is 1. The topological polar surface area (TPSA) is 78.1 Å². The van der Waals surface area contributed by atoms with E-state index in [4.69, 9.17) is 10.5 Å². The third-order valence-electron chi connectivity index (χ3n) is 6.84. The molecule has 2 fully saturated rings. The molecule has 0 radical (unpaired) electrons. The molecule has 2 aliphatic carbocycles. The Morgan fingerprint density at radius 1 is 1.20 bits per heavy atom. The van der Waals surface area contributed by atoms with E-state index in [-0.39, 0.29) is 17.8 Å². The highest BCUT2D eigenvalue weighted by Crippen LogP contribution is 2.64. The van der Waals surface area contributed by atoms with Crippen molar-refractivity contribution in [2.24, 2.45) is 23.5 Å². The first-order chi connectivity index (χ1) is 14.6. The van der Waals surface area contributed by atoms with Crippen molar-refractivity contribution >= 4 is 16.8 Å². The molecule has 3 aromatic rings. The summed E-state index contributed by atoms with van der Waals surface area (Å²) in [5, 5.41) is 0.608. The normalized spacial score (nSPS) is 23.9. The molecule has 30 heavy (non-hydrogen) atoms. The third kappa shape index (κ3) is 3.20. The fraction of sp³-hybridized carbons (Fsp3) is 0.375. The van der Waals surface area contributed by atoms with Crippen LogP contribution < -0.4 is 10.5 Å². The second-order valence-electron chi connectivity index (χ2n) is 8.42. The van der Waals surface area contributed by atoms with Gasteiger partial charge in [0.05, 0.1) is 10.9 Å². The first-order valence-corrected chi connectivity index (χ1v) is 10.5. The van der Waals surface area contributed by atoms with E-state index in [0.29, 0.717) is 46.0 Å². The Labute approximate surface area is 174 Å². The predicted molar refractivity (Wildman–Crippen MR) is 112 cm³/mol. The largest absolute Gasteiger partial charge is 0.474 e. The number of halogens is 1. The second kappa shape index (κ2) is 7.35. The molecule has 0 unspecified atom stereocenters. The number of fused-ring (bicyclic) bond motifs is 2. The van der Waals surface area contributed by atoms with Crippen molar-refractivity contribution in [1.29, 1.82) is 0 Å². The van der Waals surface area contributed by atoms with Crippen molar-refractivity contribution in [3.8, 4) is 5.88 Å². The highest BCUT2D eigenvalue weighted by molar-refractivity contribution is 5.94. The number of amides is 1. The van der Waals surface area contributed by atoms with E-state index in [0.717, 1.165) is 24.8 Å². The molecule has 2 aliphatic rings. The molecule has 2 aromatic carbocycles. The van der Waals surface area contributed by atoms with Gasteiger partial charge in [-0.05, 0) is 72.8 Å². The van der Waals surface area contributed by atoms with Crippen LogP contribution in [0.3, 0.4) is 0 Å². The molecular formula is C24H24FN3O2. The van der Waals surface area contributed by atoms with Crippen LogP contribution in [0.4, 0.5) is 4.39 Å². The zero-order valence-electron chi connectivity index (χ0n) is 16.8. The summed E-state index contributed by atoms with van der Waals surface area (Å²) in [6, 6.07) is 12.2. The fourth-order valence-electron chi connectivity index (χ4n) is 5.54. The van der Waals surface area contributed by atoms with Crippen LogP contribution in [-0.2, 0) is 0 Å². The predicted octanol–water partition coefficient (Wildman–Crippen LogP) is 4.47. The number of aromatic nitrogens is 2. The molecule has 1 amide bonds. The number of primary amides is 1. The number of rotatable bonds is 6. The van der Waals surface area contributed by atoms with Crippen molar-refractivity contribution in [3.63, 3.8) is 0 Å². The SMILES string of the molecule is CC[C@H](c1ccccc1C(N)=O)C1[C@H]2CC(Oc3ncnc4ccc(F)cc34)C[C@H]12. The quantitative estimate of drug-likeness (QED) is 0.657. The molecule has 2 N–H and O–H groups in total. The summed E-state index contributed by atoms with van der Waals surface area (Å²) in [5.41, 5.74) is 7.99. The number of benzene rings is 2. The van der Waals surface area contributed by atoms with Gasteiger partial charge < -0.3 is 10.5 Å². The first-order valence-electron chi connectivity index (χ1n) is 10.5. The van der Waals surface area contributed by atoms with Gasteiger partial charge in [0.25, 0.3) is 0 Å². The summed E-state index contributed by atoms with van der Waals surface area (Å²) >= 11 is 0. The fourth-order valence-corrected chi connectivity index (χ4v) is 5.54. The lowest BCUT2D eigenvalue weighted by Gasteiger charge is -2.23. The Morgan fingerprint density at radius 2 is 1.97 bits per heavy atom. The van der Waals surface area contributed by atoms with Crippen molar-refractivity contribution in [2.45, 2.75) is 38.2 Å². The summed E-state index contributed by atoms with van der Waals surface area (Å²) < 4.78 is 19.9. The van der Waals surface area contributed by atoms with E-state index in [1.165, 1.54) is 18.5 Å². The highest BCUT2D eigenvalue weighted by atomic mass is 19.1. The lowest BCUT2D eigenvalue weighted by atomic mass is 9.84. The maximum Gasteiger partial charge on any atom is 0.248 e. The lowest BCUT2D eigenvalue weighted by molar-refractivity contribution is 0.0998. The molecular weight excluding hydrogens is 381 g/mol. The van der Waals surface area contributed by atoms with Crippen LogP contribution in [0.2, 0.25) is 0 Å². The Bertz CT molecular complexity index is 1110. The molecule has 0 bridgehead atoms. The summed E-state index contributed by atoms with van der Waals surface area (Å²) in [6.45, 7) is 2.17. The minimum atomic E-state index is -0.362. The molecule has 1 aromatic heterocycles. The molecule has 0 saturated heterocycles. The van der Waals surface area contributed by atoms with Gasteiger partial charge in [0.2, 0.25) is 11.8 Å². The first kappa shape index (κ1) is 19.0. The van der Waals surface area contributed by atoms with Crippen LogP contribution in [0.5, 0.6) is 5.88 Å². The smallest absolute Gasteiger partial charge is 0.248 e. The van der Waals surface area contributed by atoms with E-state index in [1.807, 2.05) is 24.3 Å². The van der Waals surface area contributed by atoms with Crippen molar-refractivity contribution in [1.82, 2.24) is 9.97 Å². The standard InChI is InChI=1S/C24H24FN3O2/c1-2-15(16-5-3-4-6-17(16)23(26)29)22-18-10-14(11-19(18)22)30-24-20-9-13(25)7-8-21(20)27-12-28-24/h3-9,12,14-15,18-19,22H,2,10-11H2,1H3,(H2,26,29)/t14?,15-,18+,19+,22?/m1/s1. The van der Waals surface area contributed by atoms with Gasteiger partial charge in [-0.25, -0.2) is 14.4 Å². The van der Waals surface area contributed by atoms with Crippen LogP contribution in [0.15, 0.2) is 48.8 Å².